The molecule has 0 aliphatic carbocycles. The number of hydrogen-bond acceptors (Lipinski definition) is 4. The second kappa shape index (κ2) is 8.26. The molecule has 0 saturated carbocycles. The van der Waals surface area contributed by atoms with Gasteiger partial charge in [0.1, 0.15) is 0 Å². The molecule has 22 heavy (non-hydrogen) atoms. The molecular weight excluding hydrogens is 276 g/mol. The summed E-state index contributed by atoms with van der Waals surface area (Å²) in [4.78, 5) is 17.4. The van der Waals surface area contributed by atoms with Gasteiger partial charge >= 0.3 is 0 Å². The molecule has 0 aliphatic heterocycles. The third kappa shape index (κ3) is 5.27. The van der Waals surface area contributed by atoms with Crippen LogP contribution in [0.3, 0.4) is 0 Å². The number of amides is 1. The Bertz CT molecular complexity index is 583. The van der Waals surface area contributed by atoms with Crippen LogP contribution in [0.2, 0.25) is 0 Å². The number of pyridine rings is 1. The average molecular weight is 298 g/mol. The molecule has 5 nitrogen and oxygen atoms in total. The highest BCUT2D eigenvalue weighted by Crippen LogP contribution is 2.13. The maximum absolute atomic E-state index is 11.0. The van der Waals surface area contributed by atoms with Crippen LogP contribution in [0.15, 0.2) is 48.8 Å². The molecule has 0 radical (unpaired) electrons. The molecule has 1 aromatic heterocycles. The van der Waals surface area contributed by atoms with Gasteiger partial charge in [-0.15, -0.1) is 0 Å². The Morgan fingerprint density at radius 2 is 1.68 bits per heavy atom. The number of anilines is 1. The standard InChI is InChI=1S/C17H22N4O/c1-14(22)20-17-4-2-15(3-5-17)12-21(11-8-18)13-16-6-9-19-10-7-16/h2-7,9-10H,8,11-13,18H2,1H3,(H,20,22). The van der Waals surface area contributed by atoms with E-state index in [4.69, 9.17) is 5.73 Å². The smallest absolute Gasteiger partial charge is 0.221 e. The van der Waals surface area contributed by atoms with Crippen molar-refractivity contribution in [1.82, 2.24) is 9.88 Å². The molecule has 0 fully saturated rings. The Kier molecular flexibility index (Phi) is 6.06. The van der Waals surface area contributed by atoms with E-state index < -0.39 is 0 Å². The molecular formula is C17H22N4O. The Labute approximate surface area is 131 Å². The minimum absolute atomic E-state index is 0.0600. The first-order valence-electron chi connectivity index (χ1n) is 7.35. The van der Waals surface area contributed by atoms with E-state index >= 15 is 0 Å². The van der Waals surface area contributed by atoms with Crippen LogP contribution in [0.1, 0.15) is 18.1 Å². The number of benzene rings is 1. The normalized spacial score (nSPS) is 10.7. The Morgan fingerprint density at radius 1 is 1.09 bits per heavy atom. The first-order valence-corrected chi connectivity index (χ1v) is 7.35. The van der Waals surface area contributed by atoms with Gasteiger partial charge in [0.2, 0.25) is 5.91 Å². The van der Waals surface area contributed by atoms with Gasteiger partial charge < -0.3 is 11.1 Å². The molecule has 3 N–H and O–H groups in total. The zero-order chi connectivity index (χ0) is 15.8. The van der Waals surface area contributed by atoms with Crippen molar-refractivity contribution in [3.63, 3.8) is 0 Å². The summed E-state index contributed by atoms with van der Waals surface area (Å²) in [6.45, 7) is 4.61. The van der Waals surface area contributed by atoms with Gasteiger partial charge in [0.25, 0.3) is 0 Å². The molecule has 2 aromatic rings. The fraction of sp³-hybridized carbons (Fsp3) is 0.294. The highest BCUT2D eigenvalue weighted by molar-refractivity contribution is 5.88. The Hall–Kier alpha value is -2.24. The summed E-state index contributed by atoms with van der Waals surface area (Å²) in [6, 6.07) is 11.9. The quantitative estimate of drug-likeness (QED) is 0.820. The van der Waals surface area contributed by atoms with Crippen LogP contribution >= 0.6 is 0 Å². The summed E-state index contributed by atoms with van der Waals surface area (Å²) in [6.07, 6.45) is 3.61. The molecule has 2 rings (SSSR count). The molecule has 0 spiro atoms. The summed E-state index contributed by atoms with van der Waals surface area (Å²) in [5, 5.41) is 2.77. The largest absolute Gasteiger partial charge is 0.329 e. The first kappa shape index (κ1) is 16.1. The van der Waals surface area contributed by atoms with Gasteiger partial charge in [0.05, 0.1) is 0 Å². The van der Waals surface area contributed by atoms with Crippen LogP contribution in [-0.2, 0) is 17.9 Å². The van der Waals surface area contributed by atoms with Crippen molar-refractivity contribution >= 4 is 11.6 Å². The average Bonchev–Trinajstić information content (AvgIpc) is 2.50. The number of nitrogens with zero attached hydrogens (tertiary/aromatic N) is 2. The maximum Gasteiger partial charge on any atom is 0.221 e. The van der Waals surface area contributed by atoms with Crippen LogP contribution < -0.4 is 11.1 Å². The van der Waals surface area contributed by atoms with Crippen molar-refractivity contribution in [2.24, 2.45) is 5.73 Å². The van der Waals surface area contributed by atoms with Crippen molar-refractivity contribution in [2.45, 2.75) is 20.0 Å². The minimum atomic E-state index is -0.0600. The molecule has 1 heterocycles. The van der Waals surface area contributed by atoms with Gasteiger partial charge in [0.15, 0.2) is 0 Å². The number of rotatable bonds is 7. The van der Waals surface area contributed by atoms with Gasteiger partial charge in [-0.3, -0.25) is 14.7 Å². The summed E-state index contributed by atoms with van der Waals surface area (Å²) in [5.74, 6) is -0.0600. The van der Waals surface area contributed by atoms with Gasteiger partial charge in [-0.2, -0.15) is 0 Å². The van der Waals surface area contributed by atoms with E-state index in [2.05, 4.69) is 15.2 Å². The van der Waals surface area contributed by atoms with Crippen molar-refractivity contribution in [2.75, 3.05) is 18.4 Å². The lowest BCUT2D eigenvalue weighted by Crippen LogP contribution is -2.28. The third-order valence-electron chi connectivity index (χ3n) is 3.28. The highest BCUT2D eigenvalue weighted by Gasteiger charge is 2.06. The number of carbonyl (C=O) groups is 1. The lowest BCUT2D eigenvalue weighted by atomic mass is 10.1. The molecule has 5 heteroatoms. The zero-order valence-corrected chi connectivity index (χ0v) is 12.8. The number of carbonyl (C=O) groups excluding carboxylic acids is 1. The lowest BCUT2D eigenvalue weighted by molar-refractivity contribution is -0.114. The Morgan fingerprint density at radius 3 is 2.23 bits per heavy atom. The second-order valence-electron chi connectivity index (χ2n) is 5.23. The maximum atomic E-state index is 11.0. The number of hydrogen-bond donors (Lipinski definition) is 2. The molecule has 0 bridgehead atoms. The van der Waals surface area contributed by atoms with Crippen LogP contribution in [0.4, 0.5) is 5.69 Å². The third-order valence-corrected chi connectivity index (χ3v) is 3.28. The molecule has 0 atom stereocenters. The Balaban J connectivity index is 1.99. The van der Waals surface area contributed by atoms with E-state index in [-0.39, 0.29) is 5.91 Å². The number of nitrogens with two attached hydrogens (primary N) is 1. The van der Waals surface area contributed by atoms with E-state index in [1.807, 2.05) is 36.4 Å². The van der Waals surface area contributed by atoms with Crippen LogP contribution in [0, 0.1) is 0 Å². The van der Waals surface area contributed by atoms with Gasteiger partial charge in [-0.05, 0) is 35.4 Å². The topological polar surface area (TPSA) is 71.2 Å². The van der Waals surface area contributed by atoms with E-state index in [1.54, 1.807) is 12.4 Å². The fourth-order valence-electron chi connectivity index (χ4n) is 2.30. The highest BCUT2D eigenvalue weighted by atomic mass is 16.1. The van der Waals surface area contributed by atoms with Gasteiger partial charge in [-0.1, -0.05) is 12.1 Å². The molecule has 116 valence electrons. The molecule has 0 unspecified atom stereocenters. The molecule has 1 aromatic carbocycles. The molecule has 0 aliphatic rings. The summed E-state index contributed by atoms with van der Waals surface area (Å²) in [5.41, 5.74) is 8.94. The second-order valence-corrected chi connectivity index (χ2v) is 5.23. The lowest BCUT2D eigenvalue weighted by Gasteiger charge is -2.22. The molecule has 0 saturated heterocycles. The van der Waals surface area contributed by atoms with E-state index in [0.717, 1.165) is 25.3 Å². The predicted octanol–water partition coefficient (Wildman–Crippen LogP) is 2.00. The van der Waals surface area contributed by atoms with Crippen molar-refractivity contribution in [1.29, 1.82) is 0 Å². The summed E-state index contributed by atoms with van der Waals surface area (Å²) < 4.78 is 0. The van der Waals surface area contributed by atoms with Crippen molar-refractivity contribution in [3.05, 3.63) is 59.9 Å². The van der Waals surface area contributed by atoms with Crippen LogP contribution in [0.25, 0.3) is 0 Å². The first-order chi connectivity index (χ1) is 10.7. The van der Waals surface area contributed by atoms with E-state index in [1.165, 1.54) is 18.1 Å². The zero-order valence-electron chi connectivity index (χ0n) is 12.8. The number of aromatic nitrogens is 1. The SMILES string of the molecule is CC(=O)Nc1ccc(CN(CCN)Cc2ccncc2)cc1. The minimum Gasteiger partial charge on any atom is -0.329 e. The molecule has 1 amide bonds. The predicted molar refractivity (Wildman–Crippen MR) is 88.2 cm³/mol. The number of nitrogens with one attached hydrogen (secondary N) is 1. The van der Waals surface area contributed by atoms with Crippen molar-refractivity contribution < 1.29 is 4.79 Å². The van der Waals surface area contributed by atoms with E-state index in [0.29, 0.717) is 6.54 Å². The summed E-state index contributed by atoms with van der Waals surface area (Å²) >= 11 is 0. The monoisotopic (exact) mass is 298 g/mol. The van der Waals surface area contributed by atoms with Crippen LogP contribution in [0.5, 0.6) is 0 Å². The van der Waals surface area contributed by atoms with Crippen molar-refractivity contribution in [3.8, 4) is 0 Å². The fourth-order valence-corrected chi connectivity index (χ4v) is 2.30. The summed E-state index contributed by atoms with van der Waals surface area (Å²) in [7, 11) is 0. The van der Waals surface area contributed by atoms with E-state index in [9.17, 15) is 4.79 Å². The van der Waals surface area contributed by atoms with Gasteiger partial charge in [0, 0.05) is 51.2 Å². The van der Waals surface area contributed by atoms with Crippen LogP contribution in [-0.4, -0.2) is 28.9 Å². The van der Waals surface area contributed by atoms with Gasteiger partial charge in [-0.25, -0.2) is 0 Å².